The molecule has 0 saturated heterocycles. The first-order chi connectivity index (χ1) is 26.4. The van der Waals surface area contributed by atoms with Crippen molar-refractivity contribution in [3.8, 4) is 0 Å². The minimum absolute atomic E-state index is 0.217. The van der Waals surface area contributed by atoms with E-state index in [1.807, 2.05) is 0 Å². The number of hydrogen-bond donors (Lipinski definition) is 0. The molecule has 0 bridgehead atoms. The van der Waals surface area contributed by atoms with Crippen LogP contribution in [0.2, 0.25) is 0 Å². The van der Waals surface area contributed by atoms with Crippen LogP contribution in [-0.2, 0) is 19.1 Å². The number of hydrogen-bond acceptors (Lipinski definition) is 8. The third-order valence-electron chi connectivity index (χ3n) is 6.95. The van der Waals surface area contributed by atoms with Gasteiger partial charge in [-0.05, 0) is 13.8 Å². The second-order valence-electron chi connectivity index (χ2n) is 11.2. The summed E-state index contributed by atoms with van der Waals surface area (Å²) in [5.74, 6) is -84.2. The highest BCUT2D eigenvalue weighted by molar-refractivity contribution is 8.20. The Morgan fingerprint density at radius 2 is 0.583 bits per heavy atom. The normalized spacial score (nSPS) is 16.1. The molecule has 2 unspecified atom stereocenters. The molecule has 358 valence electrons. The third kappa shape index (κ3) is 11.4. The van der Waals surface area contributed by atoms with Crippen molar-refractivity contribution < 1.29 is 133 Å². The third-order valence-corrected chi connectivity index (χ3v) is 12.6. The Labute approximate surface area is 335 Å². The summed E-state index contributed by atoms with van der Waals surface area (Å²) in [6.45, 7) is 1.15. The van der Waals surface area contributed by atoms with Crippen LogP contribution in [0.1, 0.15) is 26.7 Å². The van der Waals surface area contributed by atoms with E-state index in [-0.39, 0.29) is 47.0 Å². The van der Waals surface area contributed by atoms with Crippen molar-refractivity contribution in [3.63, 3.8) is 0 Å². The summed E-state index contributed by atoms with van der Waals surface area (Å²) in [7, 11) is 0. The van der Waals surface area contributed by atoms with Crippen LogP contribution >= 0.6 is 47.0 Å². The van der Waals surface area contributed by atoms with Crippen molar-refractivity contribution in [1.29, 1.82) is 0 Å². The fraction of sp³-hybridized carbons (Fsp3) is 0.923. The largest absolute Gasteiger partial charge is 0.465 e. The molecule has 2 atom stereocenters. The summed E-state index contributed by atoms with van der Waals surface area (Å²) in [5.41, 5.74) is 0. The first-order valence-electron chi connectivity index (χ1n) is 15.1. The van der Waals surface area contributed by atoms with Gasteiger partial charge in [-0.25, -0.2) is 9.59 Å². The molecule has 60 heavy (non-hydrogen) atoms. The van der Waals surface area contributed by atoms with Gasteiger partial charge in [0.2, 0.25) is 0 Å². The number of esters is 2. The average molecular weight is 1020 g/mol. The summed E-state index contributed by atoms with van der Waals surface area (Å²) >= 11 is -0.0272. The lowest BCUT2D eigenvalue weighted by Crippen LogP contribution is -2.70. The first kappa shape index (κ1) is 58.5. The molecule has 0 amide bonds. The van der Waals surface area contributed by atoms with Gasteiger partial charge in [0, 0.05) is 35.9 Å². The summed E-state index contributed by atoms with van der Waals surface area (Å²) < 4.78 is 353. The molecule has 34 heteroatoms. The quantitative estimate of drug-likeness (QED) is 0.0388. The van der Waals surface area contributed by atoms with Gasteiger partial charge < -0.3 is 9.47 Å². The maximum atomic E-state index is 14.2. The van der Waals surface area contributed by atoms with E-state index in [1.54, 1.807) is 0 Å². The van der Waals surface area contributed by atoms with Gasteiger partial charge in [0.1, 0.15) is 9.16 Å². The van der Waals surface area contributed by atoms with Gasteiger partial charge in [0.05, 0.1) is 13.2 Å². The highest BCUT2D eigenvalue weighted by Gasteiger charge is 2.92. The van der Waals surface area contributed by atoms with Gasteiger partial charge in [-0.15, -0.1) is 47.0 Å². The summed E-state index contributed by atoms with van der Waals surface area (Å²) in [6.07, 6.45) is -20.7. The van der Waals surface area contributed by atoms with Crippen molar-refractivity contribution >= 4 is 59.0 Å². The van der Waals surface area contributed by atoms with Crippen LogP contribution < -0.4 is 0 Å². The van der Waals surface area contributed by atoms with Crippen LogP contribution in [0, 0.1) is 0 Å². The zero-order valence-electron chi connectivity index (χ0n) is 28.9. The molecule has 0 aromatic carbocycles. The van der Waals surface area contributed by atoms with E-state index >= 15 is 0 Å². The van der Waals surface area contributed by atoms with Crippen LogP contribution in [0.3, 0.4) is 0 Å². The van der Waals surface area contributed by atoms with Gasteiger partial charge in [0.15, 0.2) is 0 Å². The highest BCUT2D eigenvalue weighted by atomic mass is 32.2. The zero-order chi connectivity index (χ0) is 48.2. The fourth-order valence-electron chi connectivity index (χ4n) is 3.61. The molecule has 0 aromatic rings. The molecule has 0 aliphatic carbocycles. The number of thioether (sulfide) groups is 4. The van der Waals surface area contributed by atoms with Gasteiger partial charge >= 0.3 is 83.5 Å². The smallest absolute Gasteiger partial charge is 0.460 e. The SMILES string of the molecule is CCOC(=O)C(SCCSC(SCCC(F)(F)C(F)(F)C(F)(F)C(F)(F)C(F)(F)C(F)(F)F)C(=O)OCC)SCCC(F)(F)C(F)(F)C(F)(F)C(F)(F)C(F)(F)C(F)(F)F. The molecule has 0 aliphatic rings. The lowest BCUT2D eigenvalue weighted by Gasteiger charge is -2.39. The van der Waals surface area contributed by atoms with Gasteiger partial charge in [0.25, 0.3) is 0 Å². The van der Waals surface area contributed by atoms with E-state index in [2.05, 4.69) is 9.47 Å². The second-order valence-corrected chi connectivity index (χ2v) is 16.6. The maximum Gasteiger partial charge on any atom is 0.460 e. The van der Waals surface area contributed by atoms with Crippen molar-refractivity contribution in [3.05, 3.63) is 0 Å². The number of carbonyl (C=O) groups excluding carboxylic acids is 2. The van der Waals surface area contributed by atoms with Crippen molar-refractivity contribution in [2.75, 3.05) is 36.2 Å². The summed E-state index contributed by atoms with van der Waals surface area (Å²) in [6, 6.07) is 0. The lowest BCUT2D eigenvalue weighted by atomic mass is 9.93. The Morgan fingerprint density at radius 1 is 0.367 bits per heavy atom. The Kier molecular flexibility index (Phi) is 19.2. The topological polar surface area (TPSA) is 52.6 Å². The van der Waals surface area contributed by atoms with E-state index in [0.717, 1.165) is 13.8 Å². The predicted octanol–water partition coefficient (Wildman–Crippen LogP) is 12.0. The monoisotopic (exact) mass is 1020 g/mol. The lowest BCUT2D eigenvalue weighted by molar-refractivity contribution is -0.439. The molecule has 4 nitrogen and oxygen atoms in total. The Balaban J connectivity index is 5.94. The predicted molar refractivity (Wildman–Crippen MR) is 161 cm³/mol. The van der Waals surface area contributed by atoms with Crippen molar-refractivity contribution in [2.45, 2.75) is 107 Å². The van der Waals surface area contributed by atoms with Crippen LogP contribution in [0.4, 0.5) is 114 Å². The Morgan fingerprint density at radius 3 is 0.800 bits per heavy atom. The first-order valence-corrected chi connectivity index (χ1v) is 19.3. The van der Waals surface area contributed by atoms with E-state index in [9.17, 15) is 124 Å². The van der Waals surface area contributed by atoms with E-state index in [4.69, 9.17) is 0 Å². The van der Waals surface area contributed by atoms with Crippen LogP contribution in [0.25, 0.3) is 0 Å². The van der Waals surface area contributed by atoms with Gasteiger partial charge in [-0.2, -0.15) is 114 Å². The van der Waals surface area contributed by atoms with E-state index < -0.39 is 142 Å². The molecule has 0 heterocycles. The number of ether oxygens (including phenoxy) is 2. The number of carbonyl (C=O) groups is 2. The van der Waals surface area contributed by atoms with E-state index in [1.165, 1.54) is 0 Å². The minimum atomic E-state index is -8.17. The standard InChI is InChI=1S/C26H24F26O4S4/c1-3-55-11(53)13(57-7-5-15(27,28)17(31,32)19(35,36)21(39,40)23(43,44)25(47,48)49)59-9-10-60-14(12(54)56-4-2)58-8-6-16(29,30)18(33,34)20(37,38)22(41,42)24(45,46)26(50,51)52/h13-14H,3-10H2,1-2H3. The molecule has 0 radical (unpaired) electrons. The molecule has 0 spiro atoms. The van der Waals surface area contributed by atoms with Crippen molar-refractivity contribution in [1.82, 2.24) is 0 Å². The Bertz CT molecular complexity index is 1320. The number of alkyl halides is 26. The molecule has 0 aromatic heterocycles. The number of rotatable bonds is 25. The maximum absolute atomic E-state index is 14.2. The summed E-state index contributed by atoms with van der Waals surface area (Å²) in [5, 5.41) is 0. The van der Waals surface area contributed by atoms with Crippen LogP contribution in [0.5, 0.6) is 0 Å². The zero-order valence-corrected chi connectivity index (χ0v) is 32.2. The average Bonchev–Trinajstić information content (AvgIpc) is 3.06. The highest BCUT2D eigenvalue weighted by Crippen LogP contribution is 2.62. The molecule has 0 fully saturated rings. The Hall–Kier alpha value is -1.48. The molecular formula is C26H24F26O4S4. The second kappa shape index (κ2) is 19.7. The minimum Gasteiger partial charge on any atom is -0.465 e. The molecule has 0 saturated carbocycles. The molecule has 0 rings (SSSR count). The van der Waals surface area contributed by atoms with Gasteiger partial charge in [-0.1, -0.05) is 0 Å². The molecule has 0 aliphatic heterocycles. The van der Waals surface area contributed by atoms with E-state index in [0.29, 0.717) is 0 Å². The number of halogens is 26. The van der Waals surface area contributed by atoms with Crippen LogP contribution in [-0.4, -0.2) is 129 Å². The summed E-state index contributed by atoms with van der Waals surface area (Å²) in [4.78, 5) is 24.5. The fourth-order valence-corrected chi connectivity index (χ4v) is 8.72. The molecule has 0 N–H and O–H groups in total. The van der Waals surface area contributed by atoms with Gasteiger partial charge in [-0.3, -0.25) is 0 Å². The van der Waals surface area contributed by atoms with Crippen LogP contribution in [0.15, 0.2) is 0 Å². The molecular weight excluding hydrogens is 998 g/mol. The van der Waals surface area contributed by atoms with Crippen molar-refractivity contribution in [2.24, 2.45) is 0 Å².